The van der Waals surface area contributed by atoms with E-state index in [1.54, 1.807) is 0 Å². The Bertz CT molecular complexity index is 469. The maximum Gasteiger partial charge on any atom is 0.392 e. The van der Waals surface area contributed by atoms with Crippen LogP contribution in [0.1, 0.15) is 31.2 Å². The van der Waals surface area contributed by atoms with Gasteiger partial charge < -0.3 is 5.73 Å². The van der Waals surface area contributed by atoms with E-state index in [-0.39, 0.29) is 23.4 Å². The van der Waals surface area contributed by atoms with Crippen LogP contribution in [0.4, 0.5) is 17.6 Å². The van der Waals surface area contributed by atoms with Gasteiger partial charge in [-0.15, -0.1) is 0 Å². The Morgan fingerprint density at radius 1 is 1.24 bits per heavy atom. The molecule has 0 spiro atoms. The van der Waals surface area contributed by atoms with Crippen molar-refractivity contribution in [3.05, 3.63) is 34.6 Å². The lowest BCUT2D eigenvalue weighted by atomic mass is 9.73. The average Bonchev–Trinajstić information content (AvgIpc) is 2.42. The Morgan fingerprint density at radius 3 is 2.52 bits per heavy atom. The molecular formula is C15H18ClF4N. The van der Waals surface area contributed by atoms with Crippen molar-refractivity contribution in [2.75, 3.05) is 0 Å². The molecule has 0 aromatic heterocycles. The van der Waals surface area contributed by atoms with Crippen molar-refractivity contribution in [1.82, 2.24) is 0 Å². The number of halogens is 5. The van der Waals surface area contributed by atoms with Gasteiger partial charge in [-0.3, -0.25) is 0 Å². The van der Waals surface area contributed by atoms with Crippen LogP contribution in [-0.4, -0.2) is 12.2 Å². The SMILES string of the molecule is NC(Cc1c(F)cccc1Cl)C1CCCCC1C(F)(F)F. The summed E-state index contributed by atoms with van der Waals surface area (Å²) >= 11 is 5.92. The average molecular weight is 324 g/mol. The first-order valence-corrected chi connectivity index (χ1v) is 7.43. The van der Waals surface area contributed by atoms with Gasteiger partial charge in [0.05, 0.1) is 5.92 Å². The largest absolute Gasteiger partial charge is 0.392 e. The highest BCUT2D eigenvalue weighted by Crippen LogP contribution is 2.43. The van der Waals surface area contributed by atoms with Gasteiger partial charge in [0, 0.05) is 16.6 Å². The van der Waals surface area contributed by atoms with Crippen LogP contribution in [0.15, 0.2) is 18.2 Å². The zero-order chi connectivity index (χ0) is 15.6. The van der Waals surface area contributed by atoms with Crippen LogP contribution in [0, 0.1) is 17.7 Å². The molecule has 1 saturated carbocycles. The molecule has 6 heteroatoms. The van der Waals surface area contributed by atoms with Crippen LogP contribution >= 0.6 is 11.6 Å². The lowest BCUT2D eigenvalue weighted by Crippen LogP contribution is -2.44. The summed E-state index contributed by atoms with van der Waals surface area (Å²) in [5.74, 6) is -2.58. The molecule has 0 bridgehead atoms. The van der Waals surface area contributed by atoms with Gasteiger partial charge in [0.2, 0.25) is 0 Å². The molecule has 1 aromatic carbocycles. The molecule has 0 radical (unpaired) electrons. The van der Waals surface area contributed by atoms with E-state index in [0.29, 0.717) is 12.8 Å². The molecule has 1 nitrogen and oxygen atoms in total. The highest BCUT2D eigenvalue weighted by molar-refractivity contribution is 6.31. The maximum absolute atomic E-state index is 13.7. The Balaban J connectivity index is 2.16. The van der Waals surface area contributed by atoms with Gasteiger partial charge in [-0.25, -0.2) is 4.39 Å². The predicted molar refractivity (Wildman–Crippen MR) is 74.6 cm³/mol. The van der Waals surface area contributed by atoms with E-state index in [1.165, 1.54) is 18.2 Å². The predicted octanol–water partition coefficient (Wildman–Crippen LogP) is 4.72. The van der Waals surface area contributed by atoms with Crippen LogP contribution in [0.3, 0.4) is 0 Å². The van der Waals surface area contributed by atoms with E-state index in [4.69, 9.17) is 17.3 Å². The van der Waals surface area contributed by atoms with E-state index in [1.807, 2.05) is 0 Å². The molecule has 1 aliphatic rings. The summed E-state index contributed by atoms with van der Waals surface area (Å²) in [6.07, 6.45) is -2.39. The van der Waals surface area contributed by atoms with E-state index < -0.39 is 29.9 Å². The van der Waals surface area contributed by atoms with Gasteiger partial charge in [0.1, 0.15) is 5.82 Å². The Hall–Kier alpha value is -0.810. The first-order chi connectivity index (χ1) is 9.80. The molecule has 0 aliphatic heterocycles. The van der Waals surface area contributed by atoms with Crippen molar-refractivity contribution in [2.45, 2.75) is 44.3 Å². The molecule has 0 heterocycles. The fraction of sp³-hybridized carbons (Fsp3) is 0.600. The highest BCUT2D eigenvalue weighted by Gasteiger charge is 2.47. The summed E-state index contributed by atoms with van der Waals surface area (Å²) in [4.78, 5) is 0. The van der Waals surface area contributed by atoms with E-state index in [2.05, 4.69) is 0 Å². The van der Waals surface area contributed by atoms with E-state index in [0.717, 1.165) is 6.42 Å². The molecular weight excluding hydrogens is 306 g/mol. The second kappa shape index (κ2) is 6.53. The lowest BCUT2D eigenvalue weighted by molar-refractivity contribution is -0.198. The van der Waals surface area contributed by atoms with Crippen LogP contribution < -0.4 is 5.73 Å². The van der Waals surface area contributed by atoms with Gasteiger partial charge in [-0.1, -0.05) is 30.5 Å². The van der Waals surface area contributed by atoms with Crippen molar-refractivity contribution in [3.8, 4) is 0 Å². The summed E-state index contributed by atoms with van der Waals surface area (Å²) in [5, 5.41) is 0.213. The van der Waals surface area contributed by atoms with E-state index in [9.17, 15) is 17.6 Å². The molecule has 0 amide bonds. The van der Waals surface area contributed by atoms with Gasteiger partial charge in [0.15, 0.2) is 0 Å². The fourth-order valence-corrected chi connectivity index (χ4v) is 3.43. The van der Waals surface area contributed by atoms with Gasteiger partial charge in [-0.05, 0) is 37.3 Å². The van der Waals surface area contributed by atoms with Crippen molar-refractivity contribution >= 4 is 11.6 Å². The van der Waals surface area contributed by atoms with Gasteiger partial charge in [0.25, 0.3) is 0 Å². The number of rotatable bonds is 3. The number of alkyl halides is 3. The molecule has 2 rings (SSSR count). The summed E-state index contributed by atoms with van der Waals surface area (Å²) in [5.41, 5.74) is 6.19. The number of hydrogen-bond acceptors (Lipinski definition) is 1. The molecule has 3 unspecified atom stereocenters. The Morgan fingerprint density at radius 2 is 1.90 bits per heavy atom. The summed E-state index contributed by atoms with van der Waals surface area (Å²) < 4.78 is 53.0. The van der Waals surface area contributed by atoms with Crippen LogP contribution in [0.25, 0.3) is 0 Å². The van der Waals surface area contributed by atoms with Crippen molar-refractivity contribution in [1.29, 1.82) is 0 Å². The topological polar surface area (TPSA) is 26.0 Å². The molecule has 1 aromatic rings. The molecule has 2 N–H and O–H groups in total. The van der Waals surface area contributed by atoms with Crippen molar-refractivity contribution in [3.63, 3.8) is 0 Å². The zero-order valence-corrected chi connectivity index (χ0v) is 12.2. The third-order valence-corrected chi connectivity index (χ3v) is 4.65. The minimum absolute atomic E-state index is 0.0305. The molecule has 1 fully saturated rings. The van der Waals surface area contributed by atoms with Gasteiger partial charge >= 0.3 is 6.18 Å². The standard InChI is InChI=1S/C15H18ClF4N/c16-12-6-3-7-13(17)10(12)8-14(21)9-4-1-2-5-11(9)15(18,19)20/h3,6-7,9,11,14H,1-2,4-5,8,21H2. The third kappa shape index (κ3) is 3.89. The summed E-state index contributed by atoms with van der Waals surface area (Å²) in [6, 6.07) is 3.49. The normalized spacial score (nSPS) is 24.9. The van der Waals surface area contributed by atoms with Crippen LogP contribution in [0.5, 0.6) is 0 Å². The summed E-state index contributed by atoms with van der Waals surface area (Å²) in [6.45, 7) is 0. The van der Waals surface area contributed by atoms with Crippen LogP contribution in [-0.2, 0) is 6.42 Å². The molecule has 3 atom stereocenters. The second-order valence-corrected chi connectivity index (χ2v) is 6.07. The van der Waals surface area contributed by atoms with Crippen molar-refractivity contribution in [2.24, 2.45) is 17.6 Å². The van der Waals surface area contributed by atoms with E-state index >= 15 is 0 Å². The Kier molecular flexibility index (Phi) is 5.15. The van der Waals surface area contributed by atoms with Gasteiger partial charge in [-0.2, -0.15) is 13.2 Å². The minimum Gasteiger partial charge on any atom is -0.327 e. The second-order valence-electron chi connectivity index (χ2n) is 5.66. The maximum atomic E-state index is 13.7. The zero-order valence-electron chi connectivity index (χ0n) is 11.5. The molecule has 118 valence electrons. The monoisotopic (exact) mass is 323 g/mol. The fourth-order valence-electron chi connectivity index (χ4n) is 3.19. The third-order valence-electron chi connectivity index (χ3n) is 4.29. The first-order valence-electron chi connectivity index (χ1n) is 7.06. The molecule has 1 aliphatic carbocycles. The molecule has 21 heavy (non-hydrogen) atoms. The van der Waals surface area contributed by atoms with Crippen molar-refractivity contribution < 1.29 is 17.6 Å². The quantitative estimate of drug-likeness (QED) is 0.800. The number of nitrogens with two attached hydrogens (primary N) is 1. The van der Waals surface area contributed by atoms with Crippen LogP contribution in [0.2, 0.25) is 5.02 Å². The molecule has 0 saturated heterocycles. The first kappa shape index (κ1) is 16.6. The summed E-state index contributed by atoms with van der Waals surface area (Å²) in [7, 11) is 0. The highest BCUT2D eigenvalue weighted by atomic mass is 35.5. The lowest BCUT2D eigenvalue weighted by Gasteiger charge is -2.36. The smallest absolute Gasteiger partial charge is 0.327 e. The number of hydrogen-bond donors (Lipinski definition) is 1. The minimum atomic E-state index is -4.25. The Labute approximate surface area is 126 Å². The number of benzene rings is 1.